The molecule has 35 heavy (non-hydrogen) atoms. The maximum atomic E-state index is 13.0. The number of nitro groups is 1. The Morgan fingerprint density at radius 1 is 0.886 bits per heavy atom. The van der Waals surface area contributed by atoms with Gasteiger partial charge in [0.25, 0.3) is 5.69 Å². The number of anilines is 1. The van der Waals surface area contributed by atoms with Crippen molar-refractivity contribution in [3.63, 3.8) is 0 Å². The maximum absolute atomic E-state index is 13.0. The summed E-state index contributed by atoms with van der Waals surface area (Å²) in [5, 5.41) is 20.6. The van der Waals surface area contributed by atoms with Gasteiger partial charge in [-0.15, -0.1) is 0 Å². The molecule has 0 unspecified atom stereocenters. The van der Waals surface area contributed by atoms with Crippen LogP contribution in [0.3, 0.4) is 0 Å². The molecule has 0 heterocycles. The zero-order valence-corrected chi connectivity index (χ0v) is 20.7. The second-order valence-corrected chi connectivity index (χ2v) is 9.23. The number of nitrogens with one attached hydrogen (secondary N) is 3. The van der Waals surface area contributed by atoms with Crippen LogP contribution in [0.4, 0.5) is 16.2 Å². The number of carbonyl (C=O) groups is 1. The number of para-hydroxylation sites is 1. The highest BCUT2D eigenvalue weighted by Crippen LogP contribution is 2.32. The van der Waals surface area contributed by atoms with E-state index >= 15 is 0 Å². The minimum atomic E-state index is -0.398. The number of amides is 2. The first kappa shape index (κ1) is 25.9. The lowest BCUT2D eigenvalue weighted by Gasteiger charge is -2.22. The molecule has 2 amide bonds. The molecular formula is C28H34N4O3. The van der Waals surface area contributed by atoms with Crippen LogP contribution in [0.5, 0.6) is 0 Å². The van der Waals surface area contributed by atoms with Crippen LogP contribution in [-0.4, -0.2) is 17.5 Å². The van der Waals surface area contributed by atoms with Gasteiger partial charge in [0.1, 0.15) is 0 Å². The van der Waals surface area contributed by atoms with Crippen molar-refractivity contribution in [2.45, 2.75) is 52.1 Å². The van der Waals surface area contributed by atoms with Gasteiger partial charge in [-0.1, -0.05) is 88.4 Å². The normalized spacial score (nSPS) is 11.9. The van der Waals surface area contributed by atoms with Crippen molar-refractivity contribution in [2.24, 2.45) is 0 Å². The SMILES string of the molecule is CC(C)c1cccc(C(C)C)c1NC(=O)NC[C@H](NCc1cccc([N+](=O)[O-])c1)c1ccccc1. The van der Waals surface area contributed by atoms with Crippen LogP contribution in [0, 0.1) is 10.1 Å². The smallest absolute Gasteiger partial charge is 0.319 e. The van der Waals surface area contributed by atoms with E-state index in [9.17, 15) is 14.9 Å². The van der Waals surface area contributed by atoms with Crippen molar-refractivity contribution in [3.05, 3.63) is 105 Å². The van der Waals surface area contributed by atoms with Crippen molar-refractivity contribution >= 4 is 17.4 Å². The molecule has 0 aromatic heterocycles. The molecule has 1 atom stereocenters. The number of hydrogen-bond donors (Lipinski definition) is 3. The number of hydrogen-bond acceptors (Lipinski definition) is 4. The summed E-state index contributed by atoms with van der Waals surface area (Å²) in [5.41, 5.74) is 4.96. The van der Waals surface area contributed by atoms with Gasteiger partial charge in [0.05, 0.1) is 4.92 Å². The minimum Gasteiger partial charge on any atom is -0.336 e. The highest BCUT2D eigenvalue weighted by molar-refractivity contribution is 5.91. The molecule has 0 aliphatic rings. The number of carbonyl (C=O) groups excluding carboxylic acids is 1. The average molecular weight is 475 g/mol. The van der Waals surface area contributed by atoms with E-state index in [0.717, 1.165) is 27.9 Å². The van der Waals surface area contributed by atoms with Crippen molar-refractivity contribution in [1.82, 2.24) is 10.6 Å². The van der Waals surface area contributed by atoms with E-state index in [2.05, 4.69) is 55.8 Å². The topological polar surface area (TPSA) is 96.3 Å². The van der Waals surface area contributed by atoms with E-state index in [0.29, 0.717) is 13.1 Å². The molecule has 0 aliphatic carbocycles. The summed E-state index contributed by atoms with van der Waals surface area (Å²) in [7, 11) is 0. The Bertz CT molecular complexity index is 1120. The average Bonchev–Trinajstić information content (AvgIpc) is 2.84. The molecule has 3 aromatic rings. The van der Waals surface area contributed by atoms with Crippen LogP contribution >= 0.6 is 0 Å². The summed E-state index contributed by atoms with van der Waals surface area (Å²) >= 11 is 0. The summed E-state index contributed by atoms with van der Waals surface area (Å²) in [5.74, 6) is 0.551. The van der Waals surface area contributed by atoms with Gasteiger partial charge in [0, 0.05) is 37.0 Å². The third-order valence-corrected chi connectivity index (χ3v) is 5.95. The van der Waals surface area contributed by atoms with Gasteiger partial charge in [-0.25, -0.2) is 4.79 Å². The van der Waals surface area contributed by atoms with Crippen molar-refractivity contribution < 1.29 is 9.72 Å². The lowest BCUT2D eigenvalue weighted by molar-refractivity contribution is -0.384. The molecule has 3 rings (SSSR count). The molecule has 0 radical (unpaired) electrons. The van der Waals surface area contributed by atoms with Gasteiger partial charge in [-0.3, -0.25) is 10.1 Å². The van der Waals surface area contributed by atoms with Crippen LogP contribution in [0.1, 0.15) is 67.8 Å². The third-order valence-electron chi connectivity index (χ3n) is 5.95. The molecule has 184 valence electrons. The number of non-ortho nitro benzene ring substituents is 1. The summed E-state index contributed by atoms with van der Waals surface area (Å²) in [6, 6.07) is 22.1. The number of rotatable bonds is 10. The monoisotopic (exact) mass is 474 g/mol. The summed E-state index contributed by atoms with van der Waals surface area (Å²) in [6.45, 7) is 9.25. The Hall–Kier alpha value is -3.71. The number of nitro benzene ring substituents is 1. The molecule has 3 aromatic carbocycles. The van der Waals surface area contributed by atoms with E-state index in [1.807, 2.05) is 42.5 Å². The molecule has 3 N–H and O–H groups in total. The van der Waals surface area contributed by atoms with Gasteiger partial charge in [0.2, 0.25) is 0 Å². The predicted molar refractivity (Wildman–Crippen MR) is 141 cm³/mol. The highest BCUT2D eigenvalue weighted by atomic mass is 16.6. The van der Waals surface area contributed by atoms with Gasteiger partial charge < -0.3 is 16.0 Å². The molecule has 0 saturated carbocycles. The quantitative estimate of drug-likeness (QED) is 0.231. The Balaban J connectivity index is 1.72. The lowest BCUT2D eigenvalue weighted by atomic mass is 9.93. The molecule has 7 heteroatoms. The fraction of sp³-hybridized carbons (Fsp3) is 0.321. The summed E-state index contributed by atoms with van der Waals surface area (Å²) < 4.78 is 0. The molecule has 0 saturated heterocycles. The second-order valence-electron chi connectivity index (χ2n) is 9.23. The van der Waals surface area contributed by atoms with Crippen molar-refractivity contribution in [3.8, 4) is 0 Å². The van der Waals surface area contributed by atoms with E-state index in [1.54, 1.807) is 12.1 Å². The largest absolute Gasteiger partial charge is 0.336 e. The zero-order chi connectivity index (χ0) is 25.4. The molecule has 7 nitrogen and oxygen atoms in total. The molecule has 0 aliphatic heterocycles. The summed E-state index contributed by atoms with van der Waals surface area (Å²) in [6.07, 6.45) is 0. The van der Waals surface area contributed by atoms with E-state index in [-0.39, 0.29) is 29.6 Å². The second kappa shape index (κ2) is 12.1. The minimum absolute atomic E-state index is 0.0582. The number of nitrogens with zero attached hydrogens (tertiary/aromatic N) is 1. The Kier molecular flexibility index (Phi) is 8.98. The molecule has 0 fully saturated rings. The van der Waals surface area contributed by atoms with Gasteiger partial charge in [-0.05, 0) is 34.1 Å². The third kappa shape index (κ3) is 7.13. The Labute approximate surface area is 207 Å². The highest BCUT2D eigenvalue weighted by Gasteiger charge is 2.18. The van der Waals surface area contributed by atoms with Gasteiger partial charge in [-0.2, -0.15) is 0 Å². The van der Waals surface area contributed by atoms with E-state index in [4.69, 9.17) is 0 Å². The molecule has 0 bridgehead atoms. The Morgan fingerprint density at radius 2 is 1.51 bits per heavy atom. The lowest BCUT2D eigenvalue weighted by Crippen LogP contribution is -2.37. The molecular weight excluding hydrogens is 440 g/mol. The fourth-order valence-corrected chi connectivity index (χ4v) is 4.06. The maximum Gasteiger partial charge on any atom is 0.319 e. The fourth-order valence-electron chi connectivity index (χ4n) is 4.06. The summed E-state index contributed by atoms with van der Waals surface area (Å²) in [4.78, 5) is 23.7. The van der Waals surface area contributed by atoms with Gasteiger partial charge >= 0.3 is 6.03 Å². The molecule has 0 spiro atoms. The van der Waals surface area contributed by atoms with Crippen LogP contribution < -0.4 is 16.0 Å². The van der Waals surface area contributed by atoms with Crippen LogP contribution in [0.2, 0.25) is 0 Å². The number of urea groups is 1. The van der Waals surface area contributed by atoms with Crippen molar-refractivity contribution in [2.75, 3.05) is 11.9 Å². The van der Waals surface area contributed by atoms with E-state index in [1.165, 1.54) is 6.07 Å². The van der Waals surface area contributed by atoms with Crippen LogP contribution in [0.25, 0.3) is 0 Å². The Morgan fingerprint density at radius 3 is 2.11 bits per heavy atom. The van der Waals surface area contributed by atoms with Crippen LogP contribution in [0.15, 0.2) is 72.8 Å². The zero-order valence-electron chi connectivity index (χ0n) is 20.7. The first-order valence-corrected chi connectivity index (χ1v) is 12.0. The van der Waals surface area contributed by atoms with Crippen molar-refractivity contribution in [1.29, 1.82) is 0 Å². The first-order valence-electron chi connectivity index (χ1n) is 12.0. The number of benzene rings is 3. The van der Waals surface area contributed by atoms with Gasteiger partial charge in [0.15, 0.2) is 0 Å². The first-order chi connectivity index (χ1) is 16.8. The predicted octanol–water partition coefficient (Wildman–Crippen LogP) is 6.49. The standard InChI is InChI=1S/C28H34N4O3/c1-19(2)24-14-9-15-25(20(3)4)27(24)31-28(33)30-18-26(22-11-6-5-7-12-22)29-17-21-10-8-13-23(16-21)32(34)35/h5-16,19-20,26,29H,17-18H2,1-4H3,(H2,30,31,33)/t26-/m0/s1. The van der Waals surface area contributed by atoms with E-state index < -0.39 is 4.92 Å². The van der Waals surface area contributed by atoms with Crippen LogP contribution in [-0.2, 0) is 6.54 Å².